The predicted molar refractivity (Wildman–Crippen MR) is 57.7 cm³/mol. The SMILES string of the molecule is CC(N)=Nc1cccc(N(C)C)c1. The normalized spacial score (nSPS) is 11.5. The van der Waals surface area contributed by atoms with Gasteiger partial charge in [-0.1, -0.05) is 6.07 Å². The highest BCUT2D eigenvalue weighted by Crippen LogP contribution is 2.19. The zero-order chi connectivity index (χ0) is 9.84. The molecule has 0 unspecified atom stereocenters. The van der Waals surface area contributed by atoms with Crippen molar-refractivity contribution in [3.63, 3.8) is 0 Å². The lowest BCUT2D eigenvalue weighted by atomic mass is 10.2. The summed E-state index contributed by atoms with van der Waals surface area (Å²) in [4.78, 5) is 6.20. The molecule has 0 bridgehead atoms. The lowest BCUT2D eigenvalue weighted by Crippen LogP contribution is -2.08. The molecule has 1 rings (SSSR count). The molecule has 13 heavy (non-hydrogen) atoms. The van der Waals surface area contributed by atoms with E-state index in [2.05, 4.69) is 4.99 Å². The van der Waals surface area contributed by atoms with Gasteiger partial charge in [0.25, 0.3) is 0 Å². The second-order valence-electron chi connectivity index (χ2n) is 3.17. The average Bonchev–Trinajstić information content (AvgIpc) is 2.03. The third-order valence-electron chi connectivity index (χ3n) is 1.65. The number of rotatable bonds is 2. The number of aliphatic imine (C=N–C) groups is 1. The summed E-state index contributed by atoms with van der Waals surface area (Å²) in [6.07, 6.45) is 0. The first kappa shape index (κ1) is 9.58. The van der Waals surface area contributed by atoms with E-state index in [0.717, 1.165) is 11.4 Å². The Kier molecular flexibility index (Phi) is 2.90. The van der Waals surface area contributed by atoms with Gasteiger partial charge in [-0.15, -0.1) is 0 Å². The zero-order valence-electron chi connectivity index (χ0n) is 8.28. The lowest BCUT2D eigenvalue weighted by molar-refractivity contribution is 1.13. The first-order chi connectivity index (χ1) is 6.09. The van der Waals surface area contributed by atoms with Crippen molar-refractivity contribution in [1.82, 2.24) is 0 Å². The van der Waals surface area contributed by atoms with E-state index in [9.17, 15) is 0 Å². The monoisotopic (exact) mass is 177 g/mol. The third kappa shape index (κ3) is 2.78. The maximum absolute atomic E-state index is 5.49. The highest BCUT2D eigenvalue weighted by atomic mass is 15.1. The average molecular weight is 177 g/mol. The molecule has 3 heteroatoms. The molecule has 70 valence electrons. The van der Waals surface area contributed by atoms with Crippen LogP contribution in [0.3, 0.4) is 0 Å². The Hall–Kier alpha value is -1.51. The quantitative estimate of drug-likeness (QED) is 0.552. The fourth-order valence-corrected chi connectivity index (χ4v) is 1.04. The van der Waals surface area contributed by atoms with Crippen LogP contribution in [0.25, 0.3) is 0 Å². The van der Waals surface area contributed by atoms with Crippen LogP contribution in [-0.2, 0) is 0 Å². The molecule has 0 aliphatic rings. The molecule has 0 spiro atoms. The lowest BCUT2D eigenvalue weighted by Gasteiger charge is -2.12. The number of amidine groups is 1. The molecule has 0 radical (unpaired) electrons. The molecule has 3 nitrogen and oxygen atoms in total. The summed E-state index contributed by atoms with van der Waals surface area (Å²) >= 11 is 0. The molecule has 0 saturated heterocycles. The van der Waals surface area contributed by atoms with Gasteiger partial charge in [-0.05, 0) is 25.1 Å². The van der Waals surface area contributed by atoms with Gasteiger partial charge in [0, 0.05) is 19.8 Å². The summed E-state index contributed by atoms with van der Waals surface area (Å²) in [6, 6.07) is 7.93. The maximum atomic E-state index is 5.49. The van der Waals surface area contributed by atoms with Crippen molar-refractivity contribution in [3.05, 3.63) is 24.3 Å². The van der Waals surface area contributed by atoms with Gasteiger partial charge in [0.05, 0.1) is 11.5 Å². The largest absolute Gasteiger partial charge is 0.387 e. The first-order valence-electron chi connectivity index (χ1n) is 4.18. The van der Waals surface area contributed by atoms with E-state index in [0.29, 0.717) is 5.84 Å². The number of anilines is 1. The van der Waals surface area contributed by atoms with Gasteiger partial charge in [0.1, 0.15) is 0 Å². The van der Waals surface area contributed by atoms with E-state index in [4.69, 9.17) is 5.73 Å². The van der Waals surface area contributed by atoms with Crippen LogP contribution < -0.4 is 10.6 Å². The molecule has 0 amide bonds. The second kappa shape index (κ2) is 3.94. The highest BCUT2D eigenvalue weighted by molar-refractivity contribution is 5.80. The molecule has 1 aromatic rings. The Morgan fingerprint density at radius 3 is 2.62 bits per heavy atom. The predicted octanol–water partition coefficient (Wildman–Crippen LogP) is 1.76. The molecule has 0 heterocycles. The molecule has 0 aliphatic carbocycles. The minimum atomic E-state index is 0.580. The van der Waals surface area contributed by atoms with Gasteiger partial charge in [0.2, 0.25) is 0 Å². The standard InChI is InChI=1S/C10H15N3/c1-8(11)12-9-5-4-6-10(7-9)13(2)3/h4-7H,1-3H3,(H2,11,12). The molecule has 0 aliphatic heterocycles. The van der Waals surface area contributed by atoms with E-state index in [1.54, 1.807) is 6.92 Å². The first-order valence-corrected chi connectivity index (χ1v) is 4.18. The van der Waals surface area contributed by atoms with Crippen molar-refractivity contribution in [2.24, 2.45) is 10.7 Å². The number of hydrogen-bond acceptors (Lipinski definition) is 2. The van der Waals surface area contributed by atoms with Crippen LogP contribution in [0.2, 0.25) is 0 Å². The van der Waals surface area contributed by atoms with Crippen molar-refractivity contribution in [3.8, 4) is 0 Å². The Bertz CT molecular complexity index is 312. The van der Waals surface area contributed by atoms with Crippen molar-refractivity contribution in [2.45, 2.75) is 6.92 Å². The number of benzene rings is 1. The number of hydrogen-bond donors (Lipinski definition) is 1. The number of nitrogens with two attached hydrogens (primary N) is 1. The van der Waals surface area contributed by atoms with Crippen LogP contribution in [0.5, 0.6) is 0 Å². The summed E-state index contributed by atoms with van der Waals surface area (Å²) < 4.78 is 0. The van der Waals surface area contributed by atoms with Crippen molar-refractivity contribution in [2.75, 3.05) is 19.0 Å². The topological polar surface area (TPSA) is 41.6 Å². The molecule has 0 atom stereocenters. The second-order valence-corrected chi connectivity index (χ2v) is 3.17. The molecule has 1 aromatic carbocycles. The van der Waals surface area contributed by atoms with Gasteiger partial charge in [-0.3, -0.25) is 0 Å². The van der Waals surface area contributed by atoms with Crippen LogP contribution in [0.15, 0.2) is 29.3 Å². The summed E-state index contributed by atoms with van der Waals surface area (Å²) in [5.74, 6) is 0.580. The Morgan fingerprint density at radius 2 is 2.08 bits per heavy atom. The molecule has 0 fully saturated rings. The van der Waals surface area contributed by atoms with Crippen LogP contribution in [0.1, 0.15) is 6.92 Å². The van der Waals surface area contributed by atoms with Crippen LogP contribution in [0, 0.1) is 0 Å². The summed E-state index contributed by atoms with van der Waals surface area (Å²) in [7, 11) is 4.00. The molecular formula is C10H15N3. The van der Waals surface area contributed by atoms with E-state index >= 15 is 0 Å². The van der Waals surface area contributed by atoms with Crippen LogP contribution in [-0.4, -0.2) is 19.9 Å². The van der Waals surface area contributed by atoms with Crippen LogP contribution in [0.4, 0.5) is 11.4 Å². The summed E-state index contributed by atoms with van der Waals surface area (Å²) in [5.41, 5.74) is 7.51. The van der Waals surface area contributed by atoms with Crippen LogP contribution >= 0.6 is 0 Å². The van der Waals surface area contributed by atoms with E-state index in [-0.39, 0.29) is 0 Å². The summed E-state index contributed by atoms with van der Waals surface area (Å²) in [5, 5.41) is 0. The smallest absolute Gasteiger partial charge is 0.0964 e. The molecular weight excluding hydrogens is 162 g/mol. The van der Waals surface area contributed by atoms with Crippen molar-refractivity contribution in [1.29, 1.82) is 0 Å². The minimum Gasteiger partial charge on any atom is -0.387 e. The van der Waals surface area contributed by atoms with Crippen molar-refractivity contribution < 1.29 is 0 Å². The Labute approximate surface area is 78.9 Å². The number of nitrogens with zero attached hydrogens (tertiary/aromatic N) is 2. The molecule has 2 N–H and O–H groups in total. The van der Waals surface area contributed by atoms with E-state index < -0.39 is 0 Å². The Balaban J connectivity index is 2.99. The van der Waals surface area contributed by atoms with Gasteiger partial charge in [-0.2, -0.15) is 0 Å². The highest BCUT2D eigenvalue weighted by Gasteiger charge is 1.95. The third-order valence-corrected chi connectivity index (χ3v) is 1.65. The van der Waals surface area contributed by atoms with Crippen molar-refractivity contribution >= 4 is 17.2 Å². The van der Waals surface area contributed by atoms with Gasteiger partial charge < -0.3 is 10.6 Å². The van der Waals surface area contributed by atoms with Gasteiger partial charge in [0.15, 0.2) is 0 Å². The molecule has 0 aromatic heterocycles. The maximum Gasteiger partial charge on any atom is 0.0964 e. The Morgan fingerprint density at radius 1 is 1.38 bits per heavy atom. The minimum absolute atomic E-state index is 0.580. The van der Waals surface area contributed by atoms with E-state index in [1.807, 2.05) is 43.3 Å². The fourth-order valence-electron chi connectivity index (χ4n) is 1.04. The zero-order valence-corrected chi connectivity index (χ0v) is 8.28. The molecule has 0 saturated carbocycles. The van der Waals surface area contributed by atoms with E-state index in [1.165, 1.54) is 0 Å². The van der Waals surface area contributed by atoms with Gasteiger partial charge >= 0.3 is 0 Å². The summed E-state index contributed by atoms with van der Waals surface area (Å²) in [6.45, 7) is 1.78. The van der Waals surface area contributed by atoms with Gasteiger partial charge in [-0.25, -0.2) is 4.99 Å². The fraction of sp³-hybridized carbons (Fsp3) is 0.300.